The van der Waals surface area contributed by atoms with Gasteiger partial charge in [0.25, 0.3) is 0 Å². The van der Waals surface area contributed by atoms with Crippen LogP contribution in [0.1, 0.15) is 20.3 Å². The molecular weight excluding hydrogens is 250 g/mol. The normalized spacial score (nSPS) is 12.2. The Balaban J connectivity index is 2.77. The summed E-state index contributed by atoms with van der Waals surface area (Å²) in [5.74, 6) is 0.534. The van der Waals surface area contributed by atoms with Crippen LogP contribution in [0, 0.1) is 0 Å². The van der Waals surface area contributed by atoms with E-state index in [2.05, 4.69) is 9.82 Å². The van der Waals surface area contributed by atoms with E-state index in [1.165, 1.54) is 12.4 Å². The number of hydrogen-bond acceptors (Lipinski definition) is 3. The summed E-state index contributed by atoms with van der Waals surface area (Å²) in [5.41, 5.74) is 0. The zero-order chi connectivity index (χ0) is 12.2. The molecule has 0 amide bonds. The third-order valence-electron chi connectivity index (χ3n) is 1.83. The first-order valence-corrected chi connectivity index (χ1v) is 7.08. The van der Waals surface area contributed by atoms with Crippen molar-refractivity contribution in [3.8, 4) is 0 Å². The molecule has 92 valence electrons. The third kappa shape index (κ3) is 3.77. The van der Waals surface area contributed by atoms with Crippen molar-refractivity contribution < 1.29 is 8.42 Å². The maximum atomic E-state index is 11.7. The number of alkyl halides is 1. The highest BCUT2D eigenvalue weighted by Gasteiger charge is 2.17. The molecule has 0 bridgehead atoms. The zero-order valence-corrected chi connectivity index (χ0v) is 10.9. The molecule has 0 unspecified atom stereocenters. The van der Waals surface area contributed by atoms with Gasteiger partial charge in [-0.15, -0.1) is 11.6 Å². The third-order valence-corrected chi connectivity index (χ3v) is 3.71. The van der Waals surface area contributed by atoms with Gasteiger partial charge in [-0.25, -0.2) is 13.1 Å². The van der Waals surface area contributed by atoms with Crippen LogP contribution in [0.4, 0.5) is 0 Å². The fraction of sp³-hybridized carbons (Fsp3) is 0.667. The zero-order valence-electron chi connectivity index (χ0n) is 9.35. The van der Waals surface area contributed by atoms with E-state index in [9.17, 15) is 8.42 Å². The minimum atomic E-state index is -3.43. The molecule has 1 aromatic rings. The van der Waals surface area contributed by atoms with Crippen molar-refractivity contribution in [1.29, 1.82) is 0 Å². The maximum Gasteiger partial charge on any atom is 0.243 e. The Kier molecular flexibility index (Phi) is 4.76. The van der Waals surface area contributed by atoms with Gasteiger partial charge in [-0.05, 0) is 20.3 Å². The van der Waals surface area contributed by atoms with Crippen LogP contribution in [0.5, 0.6) is 0 Å². The number of aromatic nitrogens is 2. The van der Waals surface area contributed by atoms with E-state index in [0.29, 0.717) is 12.4 Å². The van der Waals surface area contributed by atoms with Gasteiger partial charge in [-0.1, -0.05) is 0 Å². The van der Waals surface area contributed by atoms with Gasteiger partial charge in [0.2, 0.25) is 10.0 Å². The molecule has 0 fully saturated rings. The minimum Gasteiger partial charge on any atom is -0.271 e. The highest BCUT2D eigenvalue weighted by atomic mass is 35.5. The van der Waals surface area contributed by atoms with Crippen molar-refractivity contribution >= 4 is 21.6 Å². The minimum absolute atomic E-state index is 0.129. The smallest absolute Gasteiger partial charge is 0.243 e. The summed E-state index contributed by atoms with van der Waals surface area (Å²) in [4.78, 5) is 0.191. The molecule has 1 N–H and O–H groups in total. The van der Waals surface area contributed by atoms with Crippen LogP contribution in [-0.2, 0) is 16.6 Å². The van der Waals surface area contributed by atoms with Crippen molar-refractivity contribution in [1.82, 2.24) is 14.5 Å². The first kappa shape index (κ1) is 13.5. The van der Waals surface area contributed by atoms with E-state index in [1.54, 1.807) is 18.5 Å². The molecule has 0 spiro atoms. The second kappa shape index (κ2) is 5.65. The van der Waals surface area contributed by atoms with E-state index >= 15 is 0 Å². The summed E-state index contributed by atoms with van der Waals surface area (Å²) in [6.45, 7) is 4.17. The van der Waals surface area contributed by atoms with Gasteiger partial charge in [-0.3, -0.25) is 4.68 Å². The van der Waals surface area contributed by atoms with Crippen molar-refractivity contribution in [3.63, 3.8) is 0 Å². The monoisotopic (exact) mass is 265 g/mol. The van der Waals surface area contributed by atoms with Crippen molar-refractivity contribution in [3.05, 3.63) is 12.4 Å². The highest BCUT2D eigenvalue weighted by molar-refractivity contribution is 7.89. The Labute approximate surface area is 101 Å². The highest BCUT2D eigenvalue weighted by Crippen LogP contribution is 2.08. The summed E-state index contributed by atoms with van der Waals surface area (Å²) in [6, 6.07) is -0.129. The van der Waals surface area contributed by atoms with Gasteiger partial charge in [0.05, 0.1) is 6.20 Å². The van der Waals surface area contributed by atoms with Crippen LogP contribution in [-0.4, -0.2) is 30.1 Å². The molecule has 1 aromatic heterocycles. The molecule has 16 heavy (non-hydrogen) atoms. The molecule has 7 heteroatoms. The van der Waals surface area contributed by atoms with Crippen LogP contribution in [0.15, 0.2) is 17.3 Å². The predicted octanol–water partition coefficient (Wildman–Crippen LogP) is 1.20. The lowest BCUT2D eigenvalue weighted by molar-refractivity contribution is 0.568. The fourth-order valence-electron chi connectivity index (χ4n) is 1.21. The van der Waals surface area contributed by atoms with Gasteiger partial charge in [-0.2, -0.15) is 5.10 Å². The molecule has 0 saturated carbocycles. The molecule has 0 aliphatic rings. The van der Waals surface area contributed by atoms with Crippen molar-refractivity contribution in [2.75, 3.05) is 5.88 Å². The number of nitrogens with one attached hydrogen (secondary N) is 1. The Morgan fingerprint density at radius 1 is 1.56 bits per heavy atom. The van der Waals surface area contributed by atoms with E-state index in [0.717, 1.165) is 6.42 Å². The topological polar surface area (TPSA) is 64.0 Å². The molecule has 0 atom stereocenters. The van der Waals surface area contributed by atoms with E-state index in [1.807, 2.05) is 0 Å². The molecule has 0 saturated heterocycles. The number of rotatable bonds is 6. The molecule has 0 aromatic carbocycles. The fourth-order valence-corrected chi connectivity index (χ4v) is 2.53. The average Bonchev–Trinajstić information content (AvgIpc) is 2.61. The van der Waals surface area contributed by atoms with Gasteiger partial charge in [0, 0.05) is 24.7 Å². The van der Waals surface area contributed by atoms with Gasteiger partial charge in [0.15, 0.2) is 0 Å². The SMILES string of the molecule is CC(C)NS(=O)(=O)c1cnn(CCCCl)c1. The second-order valence-corrected chi connectivity index (χ2v) is 5.85. The summed E-state index contributed by atoms with van der Waals surface area (Å²) >= 11 is 5.55. The van der Waals surface area contributed by atoms with Crippen LogP contribution in [0.3, 0.4) is 0 Å². The largest absolute Gasteiger partial charge is 0.271 e. The Morgan fingerprint density at radius 3 is 2.81 bits per heavy atom. The Bertz CT molecular complexity index is 428. The van der Waals surface area contributed by atoms with Crippen LogP contribution in [0.25, 0.3) is 0 Å². The lowest BCUT2D eigenvalue weighted by Crippen LogP contribution is -2.29. The summed E-state index contributed by atoms with van der Waals surface area (Å²) in [7, 11) is -3.43. The molecule has 5 nitrogen and oxygen atoms in total. The molecule has 0 radical (unpaired) electrons. The standard InChI is InChI=1S/C9H16ClN3O2S/c1-8(2)12-16(14,15)9-6-11-13(7-9)5-3-4-10/h6-8,12H,3-5H2,1-2H3. The van der Waals surface area contributed by atoms with Crippen LogP contribution < -0.4 is 4.72 Å². The predicted molar refractivity (Wildman–Crippen MR) is 63.0 cm³/mol. The lowest BCUT2D eigenvalue weighted by Gasteiger charge is -2.06. The van der Waals surface area contributed by atoms with E-state index in [4.69, 9.17) is 11.6 Å². The van der Waals surface area contributed by atoms with E-state index in [-0.39, 0.29) is 10.9 Å². The quantitative estimate of drug-likeness (QED) is 0.786. The Hall–Kier alpha value is -0.590. The van der Waals surface area contributed by atoms with Gasteiger partial charge >= 0.3 is 0 Å². The van der Waals surface area contributed by atoms with Crippen LogP contribution in [0.2, 0.25) is 0 Å². The number of sulfonamides is 1. The number of nitrogens with zero attached hydrogens (tertiary/aromatic N) is 2. The molecular formula is C9H16ClN3O2S. The number of hydrogen-bond donors (Lipinski definition) is 1. The van der Waals surface area contributed by atoms with Gasteiger partial charge in [0.1, 0.15) is 4.90 Å². The maximum absolute atomic E-state index is 11.7. The number of aryl methyl sites for hydroxylation is 1. The first-order chi connectivity index (χ1) is 7.45. The molecule has 1 rings (SSSR count). The summed E-state index contributed by atoms with van der Waals surface area (Å²) in [5, 5.41) is 3.97. The van der Waals surface area contributed by atoms with E-state index < -0.39 is 10.0 Å². The average molecular weight is 266 g/mol. The molecule has 0 aliphatic heterocycles. The number of halogens is 1. The lowest BCUT2D eigenvalue weighted by atomic mass is 10.4. The first-order valence-electron chi connectivity index (χ1n) is 5.06. The van der Waals surface area contributed by atoms with Crippen LogP contribution >= 0.6 is 11.6 Å². The Morgan fingerprint density at radius 2 is 2.25 bits per heavy atom. The summed E-state index contributed by atoms with van der Waals surface area (Å²) < 4.78 is 27.6. The van der Waals surface area contributed by atoms with Gasteiger partial charge < -0.3 is 0 Å². The van der Waals surface area contributed by atoms with Crippen molar-refractivity contribution in [2.45, 2.75) is 37.8 Å². The second-order valence-electron chi connectivity index (χ2n) is 3.76. The summed E-state index contributed by atoms with van der Waals surface area (Å²) in [6.07, 6.45) is 3.62. The molecule has 1 heterocycles. The van der Waals surface area contributed by atoms with Crippen molar-refractivity contribution in [2.24, 2.45) is 0 Å². The molecule has 0 aliphatic carbocycles.